The average Bonchev–Trinajstić information content (AvgIpc) is 2.29. The second kappa shape index (κ2) is 4.33. The summed E-state index contributed by atoms with van der Waals surface area (Å²) < 4.78 is 27.3. The van der Waals surface area contributed by atoms with E-state index in [1.54, 1.807) is 18.2 Å². The zero-order valence-electron chi connectivity index (χ0n) is 8.87. The summed E-state index contributed by atoms with van der Waals surface area (Å²) in [5.74, 6) is -1.55. The molecule has 0 saturated carbocycles. The number of rotatable bonds is 2. The number of amidine groups is 1. The minimum Gasteiger partial charge on any atom is -0.384 e. The average molecular weight is 232 g/mol. The second-order valence-corrected chi connectivity index (χ2v) is 3.56. The molecule has 0 spiro atoms. The number of nitrogen functional groups attached to an aromatic ring is 1. The highest BCUT2D eigenvalue weighted by Gasteiger charge is 2.15. The van der Waals surface area contributed by atoms with E-state index in [2.05, 4.69) is 0 Å². The Morgan fingerprint density at radius 2 is 1.53 bits per heavy atom. The Labute approximate surface area is 97.2 Å². The van der Waals surface area contributed by atoms with Crippen LogP contribution in [0.1, 0.15) is 5.56 Å². The summed E-state index contributed by atoms with van der Waals surface area (Å²) in [5, 5.41) is 7.40. The highest BCUT2D eigenvalue weighted by Crippen LogP contribution is 2.28. The molecular weight excluding hydrogens is 222 g/mol. The molecule has 0 radical (unpaired) electrons. The quantitative estimate of drug-likeness (QED) is 0.607. The fraction of sp³-hybridized carbons (Fsp3) is 0. The van der Waals surface area contributed by atoms with Crippen LogP contribution in [0.3, 0.4) is 0 Å². The van der Waals surface area contributed by atoms with Gasteiger partial charge < -0.3 is 5.73 Å². The van der Waals surface area contributed by atoms with Gasteiger partial charge >= 0.3 is 0 Å². The predicted octanol–water partition coefficient (Wildman–Crippen LogP) is 2.92. The van der Waals surface area contributed by atoms with Gasteiger partial charge in [0.2, 0.25) is 0 Å². The van der Waals surface area contributed by atoms with Gasteiger partial charge in [-0.05, 0) is 17.7 Å². The van der Waals surface area contributed by atoms with E-state index in [0.717, 1.165) is 0 Å². The molecule has 0 aliphatic rings. The smallest absolute Gasteiger partial charge is 0.133 e. The van der Waals surface area contributed by atoms with E-state index >= 15 is 0 Å². The first-order valence-corrected chi connectivity index (χ1v) is 4.99. The zero-order valence-corrected chi connectivity index (χ0v) is 8.87. The van der Waals surface area contributed by atoms with Crippen LogP contribution in [-0.4, -0.2) is 5.84 Å². The van der Waals surface area contributed by atoms with Gasteiger partial charge in [-0.15, -0.1) is 0 Å². The van der Waals surface area contributed by atoms with E-state index in [-0.39, 0.29) is 17.0 Å². The summed E-state index contributed by atoms with van der Waals surface area (Å²) in [6, 6.07) is 10.1. The maximum absolute atomic E-state index is 13.6. The number of nitrogens with one attached hydrogen (secondary N) is 1. The van der Waals surface area contributed by atoms with Gasteiger partial charge in [-0.25, -0.2) is 8.78 Å². The number of halogens is 2. The van der Waals surface area contributed by atoms with Crippen molar-refractivity contribution in [2.75, 3.05) is 0 Å². The molecule has 0 heterocycles. The molecule has 0 saturated heterocycles. The molecule has 86 valence electrons. The topological polar surface area (TPSA) is 49.9 Å². The van der Waals surface area contributed by atoms with Gasteiger partial charge in [0, 0.05) is 5.56 Å². The Balaban J connectivity index is 2.73. The maximum Gasteiger partial charge on any atom is 0.133 e. The third-order valence-electron chi connectivity index (χ3n) is 2.45. The highest BCUT2D eigenvalue weighted by atomic mass is 19.1. The maximum atomic E-state index is 13.6. The fourth-order valence-corrected chi connectivity index (χ4v) is 1.69. The largest absolute Gasteiger partial charge is 0.384 e. The van der Waals surface area contributed by atoms with Crippen LogP contribution < -0.4 is 5.73 Å². The van der Waals surface area contributed by atoms with Crippen molar-refractivity contribution >= 4 is 5.84 Å². The molecule has 0 amide bonds. The Hall–Kier alpha value is -2.23. The van der Waals surface area contributed by atoms with Crippen molar-refractivity contribution in [3.63, 3.8) is 0 Å². The monoisotopic (exact) mass is 232 g/mol. The van der Waals surface area contributed by atoms with Crippen molar-refractivity contribution < 1.29 is 8.78 Å². The third-order valence-corrected chi connectivity index (χ3v) is 2.45. The highest BCUT2D eigenvalue weighted by molar-refractivity contribution is 6.01. The standard InChI is InChI=1S/C13H10F2N2/c14-10-6-3-7-11(15)12(10)8-4-1-2-5-9(8)13(16)17/h1-7H,(H3,16,17). The lowest BCUT2D eigenvalue weighted by Gasteiger charge is -2.09. The van der Waals surface area contributed by atoms with Crippen molar-refractivity contribution in [2.24, 2.45) is 5.73 Å². The molecule has 4 heteroatoms. The third kappa shape index (κ3) is 2.01. The first-order valence-electron chi connectivity index (χ1n) is 4.99. The van der Waals surface area contributed by atoms with E-state index < -0.39 is 11.6 Å². The van der Waals surface area contributed by atoms with Gasteiger partial charge in [0.15, 0.2) is 0 Å². The summed E-state index contributed by atoms with van der Waals surface area (Å²) in [5.41, 5.74) is 5.84. The van der Waals surface area contributed by atoms with Crippen LogP contribution in [0.15, 0.2) is 42.5 Å². The SMILES string of the molecule is N=C(N)c1ccccc1-c1c(F)cccc1F. The van der Waals surface area contributed by atoms with E-state index in [1.165, 1.54) is 24.3 Å². The van der Waals surface area contributed by atoms with E-state index in [0.29, 0.717) is 5.56 Å². The van der Waals surface area contributed by atoms with Crippen molar-refractivity contribution in [3.8, 4) is 11.1 Å². The predicted molar refractivity (Wildman–Crippen MR) is 62.8 cm³/mol. The minimum absolute atomic E-state index is 0.154. The molecule has 2 rings (SSSR count). The molecule has 0 aromatic heterocycles. The van der Waals surface area contributed by atoms with Crippen molar-refractivity contribution in [1.82, 2.24) is 0 Å². The molecule has 0 aliphatic carbocycles. The summed E-state index contributed by atoms with van der Waals surface area (Å²) in [6.07, 6.45) is 0. The fourth-order valence-electron chi connectivity index (χ4n) is 1.69. The lowest BCUT2D eigenvalue weighted by molar-refractivity contribution is 0.589. The van der Waals surface area contributed by atoms with Crippen LogP contribution in [0.2, 0.25) is 0 Å². The number of benzene rings is 2. The molecule has 17 heavy (non-hydrogen) atoms. The van der Waals surface area contributed by atoms with Crippen molar-refractivity contribution in [2.45, 2.75) is 0 Å². The van der Waals surface area contributed by atoms with Gasteiger partial charge in [0.25, 0.3) is 0 Å². The van der Waals surface area contributed by atoms with Crippen LogP contribution in [0.25, 0.3) is 11.1 Å². The van der Waals surface area contributed by atoms with Crippen LogP contribution >= 0.6 is 0 Å². The van der Waals surface area contributed by atoms with Crippen LogP contribution in [-0.2, 0) is 0 Å². The van der Waals surface area contributed by atoms with E-state index in [9.17, 15) is 8.78 Å². The number of nitrogens with two attached hydrogens (primary N) is 1. The molecule has 3 N–H and O–H groups in total. The molecule has 2 aromatic rings. The Kier molecular flexibility index (Phi) is 2.87. The molecule has 2 nitrogen and oxygen atoms in total. The molecule has 0 aliphatic heterocycles. The van der Waals surface area contributed by atoms with Crippen LogP contribution in [0, 0.1) is 17.0 Å². The number of hydrogen-bond donors (Lipinski definition) is 2. The van der Waals surface area contributed by atoms with Crippen LogP contribution in [0.5, 0.6) is 0 Å². The first kappa shape index (κ1) is 11.3. The lowest BCUT2D eigenvalue weighted by Crippen LogP contribution is -2.12. The Morgan fingerprint density at radius 1 is 0.941 bits per heavy atom. The van der Waals surface area contributed by atoms with Gasteiger partial charge in [-0.2, -0.15) is 0 Å². The Morgan fingerprint density at radius 3 is 2.12 bits per heavy atom. The molecule has 0 atom stereocenters. The van der Waals surface area contributed by atoms with Crippen molar-refractivity contribution in [1.29, 1.82) is 5.41 Å². The first-order chi connectivity index (χ1) is 8.11. The summed E-state index contributed by atoms with van der Waals surface area (Å²) in [6.45, 7) is 0. The molecule has 0 bridgehead atoms. The lowest BCUT2D eigenvalue weighted by atomic mass is 9.98. The normalized spacial score (nSPS) is 10.2. The number of hydrogen-bond acceptors (Lipinski definition) is 1. The molecular formula is C13H10F2N2. The summed E-state index contributed by atoms with van der Waals surface area (Å²) in [7, 11) is 0. The van der Waals surface area contributed by atoms with E-state index in [1.807, 2.05) is 0 Å². The Bertz CT molecular complexity index is 559. The zero-order chi connectivity index (χ0) is 12.4. The minimum atomic E-state index is -0.668. The van der Waals surface area contributed by atoms with Gasteiger partial charge in [0.1, 0.15) is 17.5 Å². The summed E-state index contributed by atoms with van der Waals surface area (Å²) >= 11 is 0. The molecule has 0 fully saturated rings. The van der Waals surface area contributed by atoms with Gasteiger partial charge in [-0.1, -0.05) is 30.3 Å². The van der Waals surface area contributed by atoms with Gasteiger partial charge in [-0.3, -0.25) is 5.41 Å². The van der Waals surface area contributed by atoms with Gasteiger partial charge in [0.05, 0.1) is 5.56 Å². The second-order valence-electron chi connectivity index (χ2n) is 3.56. The van der Waals surface area contributed by atoms with Crippen LogP contribution in [0.4, 0.5) is 8.78 Å². The molecule has 2 aromatic carbocycles. The summed E-state index contributed by atoms with van der Waals surface area (Å²) in [4.78, 5) is 0. The van der Waals surface area contributed by atoms with Crippen molar-refractivity contribution in [3.05, 3.63) is 59.7 Å². The molecule has 0 unspecified atom stereocenters. The van der Waals surface area contributed by atoms with E-state index in [4.69, 9.17) is 11.1 Å².